The molecule has 3 rings (SSSR count). The van der Waals surface area contributed by atoms with Crippen molar-refractivity contribution in [3.63, 3.8) is 0 Å². The first-order valence-corrected chi connectivity index (χ1v) is 7.39. The topological polar surface area (TPSA) is 87.5 Å². The molecule has 0 aromatic heterocycles. The molecule has 4 N–H and O–H groups in total. The molecular formula is C16H15ClN4O2. The SMILES string of the molecule is NNC(=O)CN1C(=O)Nc2cc(Cl)ccc2[C@H]1c1ccccc1. The Morgan fingerprint density at radius 2 is 2.00 bits per heavy atom. The zero-order chi connectivity index (χ0) is 16.4. The second-order valence-corrected chi connectivity index (χ2v) is 5.61. The highest BCUT2D eigenvalue weighted by Crippen LogP contribution is 2.38. The zero-order valence-electron chi connectivity index (χ0n) is 12.1. The fourth-order valence-corrected chi connectivity index (χ4v) is 2.88. The number of nitrogens with zero attached hydrogens (tertiary/aromatic N) is 1. The molecular weight excluding hydrogens is 316 g/mol. The number of carbonyl (C=O) groups excluding carboxylic acids is 2. The van der Waals surface area contributed by atoms with Gasteiger partial charge in [-0.1, -0.05) is 48.0 Å². The monoisotopic (exact) mass is 330 g/mol. The highest BCUT2D eigenvalue weighted by atomic mass is 35.5. The van der Waals surface area contributed by atoms with Crippen molar-refractivity contribution < 1.29 is 9.59 Å². The lowest BCUT2D eigenvalue weighted by atomic mass is 9.94. The molecule has 0 radical (unpaired) electrons. The van der Waals surface area contributed by atoms with Crippen LogP contribution in [0, 0.1) is 0 Å². The number of nitrogens with one attached hydrogen (secondary N) is 2. The van der Waals surface area contributed by atoms with Gasteiger partial charge in [-0.15, -0.1) is 0 Å². The Hall–Kier alpha value is -2.57. The quantitative estimate of drug-likeness (QED) is 0.458. The number of hydrogen-bond acceptors (Lipinski definition) is 3. The number of amides is 3. The van der Waals surface area contributed by atoms with E-state index >= 15 is 0 Å². The first-order valence-electron chi connectivity index (χ1n) is 7.01. The Morgan fingerprint density at radius 1 is 1.26 bits per heavy atom. The molecule has 118 valence electrons. The molecule has 23 heavy (non-hydrogen) atoms. The number of benzene rings is 2. The van der Waals surface area contributed by atoms with E-state index < -0.39 is 11.9 Å². The van der Waals surface area contributed by atoms with E-state index in [1.807, 2.05) is 36.4 Å². The molecule has 1 aliphatic heterocycles. The van der Waals surface area contributed by atoms with E-state index in [2.05, 4.69) is 10.7 Å². The second-order valence-electron chi connectivity index (χ2n) is 5.17. The minimum absolute atomic E-state index is 0.149. The highest BCUT2D eigenvalue weighted by molar-refractivity contribution is 6.31. The smallest absolute Gasteiger partial charge is 0.307 e. The van der Waals surface area contributed by atoms with Crippen molar-refractivity contribution in [3.8, 4) is 0 Å². The average molecular weight is 331 g/mol. The third-order valence-electron chi connectivity index (χ3n) is 3.71. The summed E-state index contributed by atoms with van der Waals surface area (Å²) in [6.07, 6.45) is 0. The summed E-state index contributed by atoms with van der Waals surface area (Å²) in [5.41, 5.74) is 4.46. The van der Waals surface area contributed by atoms with E-state index in [1.165, 1.54) is 4.90 Å². The summed E-state index contributed by atoms with van der Waals surface area (Å²) < 4.78 is 0. The number of rotatable bonds is 3. The third-order valence-corrected chi connectivity index (χ3v) is 3.95. The predicted molar refractivity (Wildman–Crippen MR) is 87.8 cm³/mol. The van der Waals surface area contributed by atoms with Gasteiger partial charge < -0.3 is 10.2 Å². The van der Waals surface area contributed by atoms with E-state index in [-0.39, 0.29) is 12.6 Å². The van der Waals surface area contributed by atoms with Crippen LogP contribution in [0.4, 0.5) is 10.5 Å². The first-order chi connectivity index (χ1) is 11.1. The normalized spacial score (nSPS) is 16.5. The number of hydrazine groups is 1. The van der Waals surface area contributed by atoms with E-state index in [1.54, 1.807) is 12.1 Å². The molecule has 6 nitrogen and oxygen atoms in total. The molecule has 7 heteroatoms. The molecule has 0 spiro atoms. The van der Waals surface area contributed by atoms with Crippen LogP contribution >= 0.6 is 11.6 Å². The van der Waals surface area contributed by atoms with Gasteiger partial charge in [0, 0.05) is 16.3 Å². The molecule has 0 bridgehead atoms. The van der Waals surface area contributed by atoms with Crippen molar-refractivity contribution in [2.75, 3.05) is 11.9 Å². The van der Waals surface area contributed by atoms with Gasteiger partial charge in [0.2, 0.25) is 0 Å². The van der Waals surface area contributed by atoms with Crippen LogP contribution in [-0.2, 0) is 4.79 Å². The van der Waals surface area contributed by atoms with Crippen LogP contribution in [0.1, 0.15) is 17.2 Å². The molecule has 2 aromatic rings. The lowest BCUT2D eigenvalue weighted by Gasteiger charge is -2.37. The van der Waals surface area contributed by atoms with Crippen molar-refractivity contribution in [1.82, 2.24) is 10.3 Å². The number of anilines is 1. The zero-order valence-corrected chi connectivity index (χ0v) is 12.9. The van der Waals surface area contributed by atoms with Crippen LogP contribution in [0.25, 0.3) is 0 Å². The Balaban J connectivity index is 2.10. The maximum Gasteiger partial charge on any atom is 0.323 e. The number of carbonyl (C=O) groups is 2. The van der Waals surface area contributed by atoms with Crippen LogP contribution in [0.3, 0.4) is 0 Å². The van der Waals surface area contributed by atoms with Crippen LogP contribution in [0.2, 0.25) is 5.02 Å². The largest absolute Gasteiger partial charge is 0.323 e. The fraction of sp³-hybridized carbons (Fsp3) is 0.125. The molecule has 0 aliphatic carbocycles. The average Bonchev–Trinajstić information content (AvgIpc) is 2.56. The number of fused-ring (bicyclic) bond motifs is 1. The van der Waals surface area contributed by atoms with Gasteiger partial charge in [-0.05, 0) is 17.7 Å². The summed E-state index contributed by atoms with van der Waals surface area (Å²) in [6.45, 7) is -0.149. The summed E-state index contributed by atoms with van der Waals surface area (Å²) in [5, 5.41) is 3.29. The molecule has 0 unspecified atom stereocenters. The van der Waals surface area contributed by atoms with Crippen molar-refractivity contribution in [1.29, 1.82) is 0 Å². The van der Waals surface area contributed by atoms with Gasteiger partial charge >= 0.3 is 6.03 Å². The van der Waals surface area contributed by atoms with Gasteiger partial charge in [0.15, 0.2) is 0 Å². The van der Waals surface area contributed by atoms with Gasteiger partial charge in [-0.3, -0.25) is 10.2 Å². The van der Waals surface area contributed by atoms with Gasteiger partial charge in [0.05, 0.1) is 6.04 Å². The summed E-state index contributed by atoms with van der Waals surface area (Å²) in [4.78, 5) is 25.6. The lowest BCUT2D eigenvalue weighted by molar-refractivity contribution is -0.122. The Kier molecular flexibility index (Phi) is 4.18. The minimum Gasteiger partial charge on any atom is -0.307 e. The minimum atomic E-state index is -0.446. The van der Waals surface area contributed by atoms with Crippen LogP contribution in [0.15, 0.2) is 48.5 Å². The van der Waals surface area contributed by atoms with Gasteiger partial charge in [-0.2, -0.15) is 0 Å². The first kappa shape index (κ1) is 15.3. The van der Waals surface area contributed by atoms with Crippen molar-refractivity contribution >= 4 is 29.2 Å². The Labute approximate surface area is 138 Å². The highest BCUT2D eigenvalue weighted by Gasteiger charge is 2.34. The standard InChI is InChI=1S/C16H15ClN4O2/c17-11-6-7-12-13(8-11)19-16(23)21(9-14(22)20-18)15(12)10-4-2-1-3-5-10/h1-8,15H,9,18H2,(H,19,23)(H,20,22)/t15-/m1/s1. The lowest BCUT2D eigenvalue weighted by Crippen LogP contribution is -2.48. The molecule has 1 aliphatic rings. The van der Waals surface area contributed by atoms with Crippen molar-refractivity contribution in [2.24, 2.45) is 5.84 Å². The number of nitrogens with two attached hydrogens (primary N) is 1. The number of halogens is 1. The van der Waals surface area contributed by atoms with Gasteiger partial charge in [0.25, 0.3) is 5.91 Å². The summed E-state index contributed by atoms with van der Waals surface area (Å²) in [6, 6.07) is 14.0. The van der Waals surface area contributed by atoms with Crippen molar-refractivity contribution in [3.05, 3.63) is 64.7 Å². The summed E-state index contributed by atoms with van der Waals surface area (Å²) >= 11 is 6.02. The molecule has 0 fully saturated rings. The van der Waals surface area contributed by atoms with Crippen LogP contribution < -0.4 is 16.6 Å². The summed E-state index contributed by atoms with van der Waals surface area (Å²) in [5.74, 6) is 4.71. The second kappa shape index (κ2) is 6.28. The maximum atomic E-state index is 12.5. The Bertz CT molecular complexity index is 751. The van der Waals surface area contributed by atoms with E-state index in [0.717, 1.165) is 11.1 Å². The molecule has 1 atom stereocenters. The van der Waals surface area contributed by atoms with Gasteiger partial charge in [0.1, 0.15) is 6.54 Å². The van der Waals surface area contributed by atoms with E-state index in [9.17, 15) is 9.59 Å². The summed E-state index contributed by atoms with van der Waals surface area (Å²) in [7, 11) is 0. The molecule has 3 amide bonds. The van der Waals surface area contributed by atoms with E-state index in [4.69, 9.17) is 17.4 Å². The number of hydrogen-bond donors (Lipinski definition) is 3. The maximum absolute atomic E-state index is 12.5. The Morgan fingerprint density at radius 3 is 2.70 bits per heavy atom. The molecule has 2 aromatic carbocycles. The van der Waals surface area contributed by atoms with E-state index in [0.29, 0.717) is 10.7 Å². The number of urea groups is 1. The fourth-order valence-electron chi connectivity index (χ4n) is 2.71. The molecule has 0 saturated carbocycles. The van der Waals surface area contributed by atoms with Crippen molar-refractivity contribution in [2.45, 2.75) is 6.04 Å². The van der Waals surface area contributed by atoms with Crippen LogP contribution in [0.5, 0.6) is 0 Å². The third kappa shape index (κ3) is 2.99. The molecule has 0 saturated heterocycles. The van der Waals surface area contributed by atoms with Crippen LogP contribution in [-0.4, -0.2) is 23.4 Å². The molecule has 1 heterocycles. The predicted octanol–water partition coefficient (Wildman–Crippen LogP) is 2.27. The van der Waals surface area contributed by atoms with Gasteiger partial charge in [-0.25, -0.2) is 10.6 Å².